The molecule has 1 fully saturated rings. The van der Waals surface area contributed by atoms with E-state index < -0.39 is 11.9 Å². The Morgan fingerprint density at radius 3 is 2.56 bits per heavy atom. The molecular formula is C26H25N3O5. The van der Waals surface area contributed by atoms with E-state index in [0.29, 0.717) is 24.5 Å². The summed E-state index contributed by atoms with van der Waals surface area (Å²) >= 11 is 0. The predicted molar refractivity (Wildman–Crippen MR) is 130 cm³/mol. The van der Waals surface area contributed by atoms with E-state index >= 15 is 0 Å². The summed E-state index contributed by atoms with van der Waals surface area (Å²) in [5.41, 5.74) is 2.60. The van der Waals surface area contributed by atoms with E-state index in [2.05, 4.69) is 15.0 Å². The highest BCUT2D eigenvalue weighted by Crippen LogP contribution is 2.26. The quantitative estimate of drug-likeness (QED) is 0.261. The van der Waals surface area contributed by atoms with Crippen molar-refractivity contribution in [1.29, 1.82) is 0 Å². The zero-order chi connectivity index (χ0) is 23.9. The van der Waals surface area contributed by atoms with Gasteiger partial charge in [0.2, 0.25) is 0 Å². The molecule has 0 unspecified atom stereocenters. The Bertz CT molecular complexity index is 1230. The first-order chi connectivity index (χ1) is 16.5. The molecule has 1 aliphatic heterocycles. The number of ketones is 1. The van der Waals surface area contributed by atoms with E-state index in [4.69, 9.17) is 9.72 Å². The monoisotopic (exact) mass is 459 g/mol. The summed E-state index contributed by atoms with van der Waals surface area (Å²) in [7, 11) is 0. The number of nitrogens with zero attached hydrogens (tertiary/aromatic N) is 2. The number of anilines is 2. The number of carbonyl (C=O) groups is 3. The number of carbonyl (C=O) groups excluding carboxylic acids is 3. The van der Waals surface area contributed by atoms with Gasteiger partial charge in [0.15, 0.2) is 5.78 Å². The van der Waals surface area contributed by atoms with Crippen LogP contribution >= 0.6 is 0 Å². The minimum absolute atomic E-state index is 0.117. The molecule has 8 heteroatoms. The molecule has 1 N–H and O–H groups in total. The van der Waals surface area contributed by atoms with E-state index in [0.717, 1.165) is 35.4 Å². The number of amides is 1. The highest BCUT2D eigenvalue weighted by molar-refractivity contribution is 6.37. The minimum Gasteiger partial charge on any atom is -0.459 e. The number of hydrogen-bond acceptors (Lipinski definition) is 7. The standard InChI is InChI=1S/C26H25N3O5/c1-2-34-26(32)25(31)27-21-10-7-18(8-11-21)23(30)12-9-20-17-19-5-3-4-6-22(19)28-24(20)29-13-15-33-16-14-29/h3-12,17H,2,13-16H2,1H3,(H,27,31). The molecule has 0 saturated carbocycles. The van der Waals surface area contributed by atoms with Crippen molar-refractivity contribution in [3.8, 4) is 0 Å². The molecule has 0 bridgehead atoms. The highest BCUT2D eigenvalue weighted by Gasteiger charge is 2.17. The van der Waals surface area contributed by atoms with Crippen molar-refractivity contribution >= 4 is 46.1 Å². The summed E-state index contributed by atoms with van der Waals surface area (Å²) in [6.07, 6.45) is 3.30. The average Bonchev–Trinajstić information content (AvgIpc) is 2.87. The second-order valence-electron chi connectivity index (χ2n) is 7.64. The molecule has 1 amide bonds. The lowest BCUT2D eigenvalue weighted by Crippen LogP contribution is -2.37. The number of benzene rings is 2. The Morgan fingerprint density at radius 1 is 1.09 bits per heavy atom. The van der Waals surface area contributed by atoms with Crippen molar-refractivity contribution in [2.75, 3.05) is 43.1 Å². The maximum atomic E-state index is 12.8. The highest BCUT2D eigenvalue weighted by atomic mass is 16.5. The van der Waals surface area contributed by atoms with Crippen LogP contribution in [0.4, 0.5) is 11.5 Å². The molecule has 0 atom stereocenters. The Balaban J connectivity index is 1.52. The van der Waals surface area contributed by atoms with Crippen molar-refractivity contribution in [2.45, 2.75) is 6.92 Å². The smallest absolute Gasteiger partial charge is 0.397 e. The maximum Gasteiger partial charge on any atom is 0.397 e. The van der Waals surface area contributed by atoms with Gasteiger partial charge in [-0.05, 0) is 55.5 Å². The van der Waals surface area contributed by atoms with E-state index in [9.17, 15) is 14.4 Å². The SMILES string of the molecule is CCOC(=O)C(=O)Nc1ccc(C(=O)C=Cc2cc3ccccc3nc2N2CCOCC2)cc1. The number of rotatable bonds is 6. The van der Waals surface area contributed by atoms with E-state index in [-0.39, 0.29) is 12.4 Å². The number of fused-ring (bicyclic) bond motifs is 1. The van der Waals surface area contributed by atoms with Gasteiger partial charge in [-0.3, -0.25) is 9.59 Å². The normalized spacial score (nSPS) is 13.7. The van der Waals surface area contributed by atoms with Gasteiger partial charge < -0.3 is 19.7 Å². The zero-order valence-corrected chi connectivity index (χ0v) is 18.8. The van der Waals surface area contributed by atoms with Gasteiger partial charge in [0.25, 0.3) is 0 Å². The molecule has 1 aromatic heterocycles. The Kier molecular flexibility index (Phi) is 7.29. The molecule has 3 aromatic rings. The van der Waals surface area contributed by atoms with Gasteiger partial charge in [-0.15, -0.1) is 0 Å². The molecule has 0 radical (unpaired) electrons. The molecule has 4 rings (SSSR count). The second kappa shape index (κ2) is 10.7. The van der Waals surface area contributed by atoms with E-state index in [1.54, 1.807) is 37.3 Å². The maximum absolute atomic E-state index is 12.8. The summed E-state index contributed by atoms with van der Waals surface area (Å²) in [4.78, 5) is 43.0. The third-order valence-electron chi connectivity index (χ3n) is 5.35. The van der Waals surface area contributed by atoms with Crippen molar-refractivity contribution < 1.29 is 23.9 Å². The third kappa shape index (κ3) is 5.47. The van der Waals surface area contributed by atoms with Crippen LogP contribution in [0.25, 0.3) is 17.0 Å². The second-order valence-corrected chi connectivity index (χ2v) is 7.64. The number of ether oxygens (including phenoxy) is 2. The minimum atomic E-state index is -0.953. The number of allylic oxidation sites excluding steroid dienone is 1. The topological polar surface area (TPSA) is 97.8 Å². The summed E-state index contributed by atoms with van der Waals surface area (Å²) in [5.74, 6) is -1.18. The van der Waals surface area contributed by atoms with Crippen molar-refractivity contribution in [1.82, 2.24) is 4.98 Å². The van der Waals surface area contributed by atoms with Gasteiger partial charge in [-0.1, -0.05) is 18.2 Å². The number of nitrogens with one attached hydrogen (secondary N) is 1. The number of aromatic nitrogens is 1. The summed E-state index contributed by atoms with van der Waals surface area (Å²) in [5, 5.41) is 3.44. The fraction of sp³-hybridized carbons (Fsp3) is 0.231. The third-order valence-corrected chi connectivity index (χ3v) is 5.35. The number of pyridine rings is 1. The van der Waals surface area contributed by atoms with Crippen molar-refractivity contribution in [2.24, 2.45) is 0 Å². The molecule has 174 valence electrons. The number of para-hydroxylation sites is 1. The first-order valence-corrected chi connectivity index (χ1v) is 11.1. The van der Waals surface area contributed by atoms with Crippen LogP contribution in [-0.4, -0.2) is 55.6 Å². The van der Waals surface area contributed by atoms with Crippen LogP contribution in [0.3, 0.4) is 0 Å². The first kappa shape index (κ1) is 23.1. The van der Waals surface area contributed by atoms with Gasteiger partial charge in [-0.2, -0.15) is 0 Å². The number of morpholine rings is 1. The van der Waals surface area contributed by atoms with Gasteiger partial charge in [-0.25, -0.2) is 9.78 Å². The number of esters is 1. The van der Waals surface area contributed by atoms with Crippen LogP contribution in [0.15, 0.2) is 60.7 Å². The molecule has 2 aromatic carbocycles. The molecule has 1 aliphatic rings. The molecule has 8 nitrogen and oxygen atoms in total. The molecule has 0 aliphatic carbocycles. The van der Waals surface area contributed by atoms with Crippen LogP contribution in [-0.2, 0) is 19.1 Å². The van der Waals surface area contributed by atoms with Crippen molar-refractivity contribution in [3.05, 3.63) is 71.8 Å². The van der Waals surface area contributed by atoms with Gasteiger partial charge >= 0.3 is 11.9 Å². The fourth-order valence-electron chi connectivity index (χ4n) is 3.63. The first-order valence-electron chi connectivity index (χ1n) is 11.1. The van der Waals surface area contributed by atoms with Crippen molar-refractivity contribution in [3.63, 3.8) is 0 Å². The van der Waals surface area contributed by atoms with Crippen LogP contribution in [0.2, 0.25) is 0 Å². The Labute approximate surface area is 197 Å². The molecule has 2 heterocycles. The van der Waals surface area contributed by atoms with Crippen LogP contribution in [0.1, 0.15) is 22.8 Å². The fourth-order valence-corrected chi connectivity index (χ4v) is 3.63. The lowest BCUT2D eigenvalue weighted by atomic mass is 10.1. The zero-order valence-electron chi connectivity index (χ0n) is 18.8. The lowest BCUT2D eigenvalue weighted by molar-refractivity contribution is -0.152. The summed E-state index contributed by atoms with van der Waals surface area (Å²) in [6.45, 7) is 4.48. The summed E-state index contributed by atoms with van der Waals surface area (Å²) < 4.78 is 10.1. The molecule has 1 saturated heterocycles. The Morgan fingerprint density at radius 2 is 1.82 bits per heavy atom. The lowest BCUT2D eigenvalue weighted by Gasteiger charge is -2.29. The summed E-state index contributed by atoms with van der Waals surface area (Å²) in [6, 6.07) is 16.2. The Hall–Kier alpha value is -4.04. The predicted octanol–water partition coefficient (Wildman–Crippen LogP) is 3.47. The van der Waals surface area contributed by atoms with E-state index in [1.165, 1.54) is 6.08 Å². The molecule has 0 spiro atoms. The number of hydrogen-bond donors (Lipinski definition) is 1. The molecule has 34 heavy (non-hydrogen) atoms. The van der Waals surface area contributed by atoms with Crippen LogP contribution < -0.4 is 10.2 Å². The molecular weight excluding hydrogens is 434 g/mol. The van der Waals surface area contributed by atoms with Crippen LogP contribution in [0, 0.1) is 0 Å². The van der Waals surface area contributed by atoms with Gasteiger partial charge in [0, 0.05) is 35.3 Å². The van der Waals surface area contributed by atoms with E-state index in [1.807, 2.05) is 30.3 Å². The average molecular weight is 460 g/mol. The van der Waals surface area contributed by atoms with Gasteiger partial charge in [0.1, 0.15) is 5.82 Å². The van der Waals surface area contributed by atoms with Gasteiger partial charge in [0.05, 0.1) is 25.3 Å². The largest absolute Gasteiger partial charge is 0.459 e. The van der Waals surface area contributed by atoms with Crippen LogP contribution in [0.5, 0.6) is 0 Å².